The number of nitrogens with zero attached hydrogens (tertiary/aromatic N) is 3. The highest BCUT2D eigenvalue weighted by molar-refractivity contribution is 7.09. The molecule has 1 saturated heterocycles. The van der Waals surface area contributed by atoms with Gasteiger partial charge in [0.15, 0.2) is 6.10 Å². The van der Waals surface area contributed by atoms with Crippen LogP contribution in [0.2, 0.25) is 0 Å². The first-order chi connectivity index (χ1) is 49.6. The van der Waals surface area contributed by atoms with E-state index in [1.54, 1.807) is 86.5 Å². The van der Waals surface area contributed by atoms with Crippen molar-refractivity contribution in [2.75, 3.05) is 43.9 Å². The van der Waals surface area contributed by atoms with E-state index in [2.05, 4.69) is 43.1 Å². The maximum absolute atomic E-state index is 15.1. The second-order valence-electron chi connectivity index (χ2n) is 28.3. The van der Waals surface area contributed by atoms with Crippen LogP contribution in [0.15, 0.2) is 102 Å². The molecule has 1 aliphatic carbocycles. The van der Waals surface area contributed by atoms with Crippen LogP contribution in [0.1, 0.15) is 183 Å². The molecule has 4 aromatic carbocycles. The molecule has 5 aromatic rings. The Morgan fingerprint density at radius 1 is 0.769 bits per heavy atom. The molecule has 25 nitrogen and oxygen atoms in total. The molecular weight excluding hydrogens is 1350 g/mol. The smallest absolute Gasteiger partial charge is 0.411 e. The van der Waals surface area contributed by atoms with Crippen LogP contribution in [0, 0.1) is 35.5 Å². The average molecular weight is 1450 g/mol. The van der Waals surface area contributed by atoms with Crippen molar-refractivity contribution < 1.29 is 67.3 Å². The predicted octanol–water partition coefficient (Wildman–Crippen LogP) is 10.8. The number of carbonyl (C=O) groups is 10. The summed E-state index contributed by atoms with van der Waals surface area (Å²) in [6, 6.07) is 23.7. The predicted molar refractivity (Wildman–Crippen MR) is 398 cm³/mol. The van der Waals surface area contributed by atoms with E-state index in [4.69, 9.17) is 31.4 Å². The number of rotatable bonds is 37. The van der Waals surface area contributed by atoms with Gasteiger partial charge in [0.05, 0.1) is 11.5 Å². The molecule has 2 aliphatic rings. The van der Waals surface area contributed by atoms with E-state index in [1.807, 2.05) is 88.2 Å². The lowest BCUT2D eigenvalue weighted by atomic mass is 9.84. The van der Waals surface area contributed by atoms with Gasteiger partial charge < -0.3 is 61.9 Å². The van der Waals surface area contributed by atoms with E-state index in [0.29, 0.717) is 66.2 Å². The van der Waals surface area contributed by atoms with E-state index >= 15 is 4.79 Å². The molecule has 0 spiro atoms. The number of aromatic nitrogens is 1. The Balaban J connectivity index is 0.949. The number of ether oxygens (including phenoxy) is 3. The number of likely N-dealkylation sites (N-methyl/N-ethyl adjacent to an activating group) is 1. The largest absolute Gasteiger partial charge is 0.481 e. The Bertz CT molecular complexity index is 3770. The van der Waals surface area contributed by atoms with Crippen molar-refractivity contribution in [3.05, 3.63) is 135 Å². The van der Waals surface area contributed by atoms with Crippen molar-refractivity contribution in [3.63, 3.8) is 0 Å². The third-order valence-electron chi connectivity index (χ3n) is 19.2. The van der Waals surface area contributed by atoms with E-state index in [1.165, 1.54) is 6.92 Å². The van der Waals surface area contributed by atoms with Crippen LogP contribution in [0.3, 0.4) is 0 Å². The Morgan fingerprint density at radius 3 is 2.01 bits per heavy atom. The first kappa shape index (κ1) is 81.4. The molecule has 4 unspecified atom stereocenters. The summed E-state index contributed by atoms with van der Waals surface area (Å²) in [5.41, 5.74) is 10.2. The first-order valence-electron chi connectivity index (χ1n) is 35.9. The highest BCUT2D eigenvalue weighted by Gasteiger charge is 2.40. The van der Waals surface area contributed by atoms with Gasteiger partial charge in [0.25, 0.3) is 5.91 Å². The summed E-state index contributed by atoms with van der Waals surface area (Å²) < 4.78 is 17.2. The average Bonchev–Trinajstić information content (AvgIpc) is 1.61. The second-order valence-corrected chi connectivity index (χ2v) is 29.2. The number of unbranched alkanes of at least 4 members (excludes halogenated alkanes) is 2. The Hall–Kier alpha value is -9.87. The van der Waals surface area contributed by atoms with E-state index in [9.17, 15) is 48.3 Å². The summed E-state index contributed by atoms with van der Waals surface area (Å²) in [6.07, 6.45) is 8.71. The number of carboxylic acid groups (broad SMARTS) is 1. The maximum Gasteiger partial charge on any atom is 0.411 e. The van der Waals surface area contributed by atoms with E-state index < -0.39 is 95.5 Å². The van der Waals surface area contributed by atoms with Gasteiger partial charge in [0.1, 0.15) is 42.0 Å². The molecule has 8 atom stereocenters. The number of hydrogen-bond donors (Lipinski definition) is 9. The third kappa shape index (κ3) is 23.6. The second kappa shape index (κ2) is 39.1. The number of anilines is 2. The van der Waals surface area contributed by atoms with Crippen LogP contribution in [-0.4, -0.2) is 149 Å². The number of amides is 9. The molecule has 0 radical (unpaired) electrons. The maximum atomic E-state index is 15.1. The van der Waals surface area contributed by atoms with E-state index in [-0.39, 0.29) is 93.2 Å². The number of terminal acetylenes is 1. The number of nitrogens with two attached hydrogens (primary N) is 1. The fourth-order valence-electron chi connectivity index (χ4n) is 13.1. The van der Waals surface area contributed by atoms with Crippen molar-refractivity contribution in [2.24, 2.45) is 28.9 Å². The van der Waals surface area contributed by atoms with Crippen molar-refractivity contribution in [1.82, 2.24) is 41.4 Å². The lowest BCUT2D eigenvalue weighted by molar-refractivity contribution is -0.150. The number of benzene rings is 4. The minimum absolute atomic E-state index is 0.00795. The van der Waals surface area contributed by atoms with Crippen LogP contribution in [0.25, 0.3) is 11.1 Å². The normalized spacial score (nSPS) is 15.5. The van der Waals surface area contributed by atoms with Crippen molar-refractivity contribution in [1.29, 1.82) is 0 Å². The quantitative estimate of drug-likeness (QED) is 0.00772. The van der Waals surface area contributed by atoms with Gasteiger partial charge in [-0.2, -0.15) is 0 Å². The number of aliphatic carboxylic acids is 1. The number of thiazole rings is 1. The van der Waals surface area contributed by atoms with E-state index in [0.717, 1.165) is 53.0 Å². The highest BCUT2D eigenvalue weighted by atomic mass is 32.1. The molecule has 1 aromatic heterocycles. The van der Waals surface area contributed by atoms with Gasteiger partial charge in [-0.25, -0.2) is 19.4 Å². The number of carboxylic acids is 1. The molecule has 10 N–H and O–H groups in total. The Labute approximate surface area is 614 Å². The molecule has 2 heterocycles. The number of urea groups is 1. The van der Waals surface area contributed by atoms with Crippen molar-refractivity contribution in [3.8, 4) is 23.5 Å². The fraction of sp³-hybridized carbons (Fsp3) is 0.500. The highest BCUT2D eigenvalue weighted by Crippen LogP contribution is 2.45. The van der Waals surface area contributed by atoms with Crippen LogP contribution in [0.4, 0.5) is 25.8 Å². The molecule has 0 saturated carbocycles. The summed E-state index contributed by atoms with van der Waals surface area (Å²) in [7, 11) is 1.92. The standard InChI is InChI=1S/C78H103N11O14S/c1-12-14-15-21-40-89(73(95)67(49(7)13-2)86-70(93)63-29-20-22-39-88(63)11)64(47(3)4)42-65(103-50(8)90)72-85-62(46-104-72)69(92)82-55(43-78(9,10)74(96)97)41-51-30-34-54(35-31-51)83-76(99)101-44-52-32-36-53(37-33-52)81-68(91)61(28-23-38-80-75(79)98)84-71(94)66(48(5)6)87-77(100)102-45-60-58-26-18-16-24-56(58)57-25-17-19-27-59(57)60/h1,16-19,24-27,30-37,46-49,55,60-61,63-67H,13-15,20-23,28-29,38-45H2,2-11H3,(H,81,91)(H,82,92)(H,83,99)(H,84,94)(H,86,93)(H,87,100)(H,96,97)(H3,79,80,98)/t49-,55?,61?,63?,64+,65+,66?,67-/m0/s1. The van der Waals surface area contributed by atoms with Gasteiger partial charge in [0, 0.05) is 67.6 Å². The number of nitrogens with one attached hydrogen (secondary N) is 7. The molecule has 1 fully saturated rings. The molecular formula is C78H103N11O14S. The number of primary amides is 1. The zero-order chi connectivity index (χ0) is 75.8. The number of alkyl carbamates (subject to hydrolysis) is 1. The van der Waals surface area contributed by atoms with Crippen LogP contribution in [-0.2, 0) is 56.0 Å². The van der Waals surface area contributed by atoms with Crippen LogP contribution < -0.4 is 43.0 Å². The van der Waals surface area contributed by atoms with Gasteiger partial charge >= 0.3 is 30.2 Å². The molecule has 7 rings (SSSR count). The van der Waals surface area contributed by atoms with Crippen molar-refractivity contribution >= 4 is 82.4 Å². The molecule has 0 bridgehead atoms. The van der Waals surface area contributed by atoms with Crippen LogP contribution in [0.5, 0.6) is 0 Å². The van der Waals surface area contributed by atoms with Gasteiger partial charge in [-0.05, 0) is 154 Å². The molecule has 1 aliphatic heterocycles. The summed E-state index contributed by atoms with van der Waals surface area (Å²) in [5.74, 6) is -2.23. The summed E-state index contributed by atoms with van der Waals surface area (Å²) in [4.78, 5) is 143. The topological polar surface area (TPSA) is 348 Å². The number of piperidine rings is 1. The Morgan fingerprint density at radius 2 is 1.41 bits per heavy atom. The van der Waals surface area contributed by atoms with Crippen LogP contribution >= 0.6 is 11.3 Å². The summed E-state index contributed by atoms with van der Waals surface area (Å²) in [6.45, 7) is 16.9. The summed E-state index contributed by atoms with van der Waals surface area (Å²) in [5, 5.41) is 31.7. The van der Waals surface area contributed by atoms with Gasteiger partial charge in [-0.3, -0.25) is 43.8 Å². The lowest BCUT2D eigenvalue weighted by Gasteiger charge is -2.40. The zero-order valence-electron chi connectivity index (χ0n) is 61.3. The molecule has 9 amide bonds. The van der Waals surface area contributed by atoms with Crippen molar-refractivity contribution in [2.45, 2.75) is 194 Å². The Kier molecular flexibility index (Phi) is 30.6. The number of likely N-dealkylation sites (tertiary alicyclic amines) is 1. The molecule has 104 heavy (non-hydrogen) atoms. The monoisotopic (exact) mass is 1450 g/mol. The zero-order valence-corrected chi connectivity index (χ0v) is 62.2. The lowest BCUT2D eigenvalue weighted by Crippen LogP contribution is -2.59. The third-order valence-corrected chi connectivity index (χ3v) is 20.1. The van der Waals surface area contributed by atoms with Gasteiger partial charge in [-0.15, -0.1) is 23.7 Å². The number of hydrogen-bond acceptors (Lipinski definition) is 16. The molecule has 26 heteroatoms. The number of esters is 1. The summed E-state index contributed by atoms with van der Waals surface area (Å²) >= 11 is 1.11. The minimum atomic E-state index is -1.28. The molecule has 560 valence electrons. The van der Waals surface area contributed by atoms with Gasteiger partial charge in [-0.1, -0.05) is 127 Å². The number of carbonyl (C=O) groups excluding carboxylic acids is 9. The first-order valence-corrected chi connectivity index (χ1v) is 36.7. The fourth-order valence-corrected chi connectivity index (χ4v) is 13.9. The SMILES string of the molecule is C#CCCCCN(C(=O)[C@@H](NC(=O)C1CCCCN1C)[C@@H](C)CC)[C@H](C[C@@H](OC(C)=O)c1nc(C(=O)NC(Cc2ccc(NC(=O)OCc3ccc(NC(=O)C(CCCNC(N)=O)NC(=O)C(NC(=O)OCC4c5ccccc5-c5ccccc54)C(C)C)cc3)cc2)CC(C)(C)C(=O)O)cs1)C(C)C. The van der Waals surface area contributed by atoms with Gasteiger partial charge in [0.2, 0.25) is 23.6 Å². The number of fused-ring (bicyclic) bond motifs is 3. The minimum Gasteiger partial charge on any atom is -0.481 e.